The Balaban J connectivity index is 2.54. The fraction of sp³-hybridized carbons (Fsp3) is 0.909. The molecule has 4 nitrogen and oxygen atoms in total. The molecule has 1 unspecified atom stereocenters. The molecule has 0 aromatic rings. The van der Waals surface area contributed by atoms with Gasteiger partial charge in [0.2, 0.25) is 0 Å². The van der Waals surface area contributed by atoms with Crippen LogP contribution in [0.25, 0.3) is 0 Å². The number of aliphatic carboxylic acids is 1. The molecule has 1 fully saturated rings. The van der Waals surface area contributed by atoms with Crippen molar-refractivity contribution in [3.63, 3.8) is 0 Å². The molecular weight excluding hydrogens is 222 g/mol. The van der Waals surface area contributed by atoms with E-state index in [4.69, 9.17) is 9.53 Å². The SMILES string of the molecule is CC(C)(C)[Si](C)(C)OC1CN[C@@H](C(=O)O)C1. The molecule has 2 N–H and O–H groups in total. The van der Waals surface area contributed by atoms with Crippen molar-refractivity contribution >= 4 is 14.3 Å². The number of hydrogen-bond donors (Lipinski definition) is 2. The van der Waals surface area contributed by atoms with E-state index >= 15 is 0 Å². The molecule has 0 aromatic heterocycles. The summed E-state index contributed by atoms with van der Waals surface area (Å²) in [6.45, 7) is 11.6. The number of hydrogen-bond acceptors (Lipinski definition) is 3. The van der Waals surface area contributed by atoms with Crippen LogP contribution in [0.3, 0.4) is 0 Å². The molecule has 1 aliphatic rings. The molecule has 0 bridgehead atoms. The molecule has 2 atom stereocenters. The Morgan fingerprint density at radius 1 is 1.44 bits per heavy atom. The van der Waals surface area contributed by atoms with Gasteiger partial charge in [-0.25, -0.2) is 0 Å². The van der Waals surface area contributed by atoms with Crippen LogP contribution in [0.5, 0.6) is 0 Å². The molecule has 1 rings (SSSR count). The highest BCUT2D eigenvalue weighted by molar-refractivity contribution is 6.74. The lowest BCUT2D eigenvalue weighted by molar-refractivity contribution is -0.139. The Morgan fingerprint density at radius 2 is 2.00 bits per heavy atom. The van der Waals surface area contributed by atoms with Crippen LogP contribution in [0.15, 0.2) is 0 Å². The Morgan fingerprint density at radius 3 is 2.38 bits per heavy atom. The van der Waals surface area contributed by atoms with Gasteiger partial charge in [-0.3, -0.25) is 4.79 Å². The predicted molar refractivity (Wildman–Crippen MR) is 66.1 cm³/mol. The molecule has 94 valence electrons. The van der Waals surface area contributed by atoms with Crippen molar-refractivity contribution in [1.82, 2.24) is 5.32 Å². The van der Waals surface area contributed by atoms with E-state index in [2.05, 4.69) is 39.2 Å². The van der Waals surface area contributed by atoms with Crippen molar-refractivity contribution in [2.75, 3.05) is 6.54 Å². The van der Waals surface area contributed by atoms with Crippen molar-refractivity contribution in [3.05, 3.63) is 0 Å². The Bertz CT molecular complexity index is 273. The molecule has 0 amide bonds. The third kappa shape index (κ3) is 3.05. The quantitative estimate of drug-likeness (QED) is 0.745. The minimum Gasteiger partial charge on any atom is -0.480 e. The van der Waals surface area contributed by atoms with Gasteiger partial charge < -0.3 is 14.8 Å². The maximum Gasteiger partial charge on any atom is 0.320 e. The second-order valence-electron chi connectivity index (χ2n) is 6.03. The highest BCUT2D eigenvalue weighted by atomic mass is 28.4. The molecule has 0 spiro atoms. The van der Waals surface area contributed by atoms with Crippen molar-refractivity contribution in [2.24, 2.45) is 0 Å². The molecule has 0 saturated carbocycles. The second kappa shape index (κ2) is 4.47. The average Bonchev–Trinajstić information content (AvgIpc) is 2.49. The minimum atomic E-state index is -1.77. The summed E-state index contributed by atoms with van der Waals surface area (Å²) < 4.78 is 6.16. The van der Waals surface area contributed by atoms with Crippen molar-refractivity contribution in [2.45, 2.75) is 57.5 Å². The smallest absolute Gasteiger partial charge is 0.320 e. The number of carboxylic acid groups (broad SMARTS) is 1. The zero-order valence-electron chi connectivity index (χ0n) is 10.8. The Labute approximate surface area is 98.5 Å². The number of nitrogens with one attached hydrogen (secondary N) is 1. The van der Waals surface area contributed by atoms with Gasteiger partial charge in [0.15, 0.2) is 8.32 Å². The predicted octanol–water partition coefficient (Wildman–Crippen LogP) is 1.82. The average molecular weight is 245 g/mol. The van der Waals surface area contributed by atoms with E-state index in [1.165, 1.54) is 0 Å². The molecule has 0 aliphatic carbocycles. The maximum atomic E-state index is 10.8. The van der Waals surface area contributed by atoms with Crippen LogP contribution in [0.1, 0.15) is 27.2 Å². The summed E-state index contributed by atoms with van der Waals surface area (Å²) in [5.41, 5.74) is 0. The molecule has 5 heteroatoms. The van der Waals surface area contributed by atoms with Crippen LogP contribution in [-0.2, 0) is 9.22 Å². The van der Waals surface area contributed by atoms with Crippen LogP contribution in [-0.4, -0.2) is 38.1 Å². The van der Waals surface area contributed by atoms with E-state index < -0.39 is 20.3 Å². The number of carbonyl (C=O) groups is 1. The lowest BCUT2D eigenvalue weighted by Crippen LogP contribution is -2.44. The number of rotatable bonds is 3. The third-order valence-corrected chi connectivity index (χ3v) is 8.19. The summed E-state index contributed by atoms with van der Waals surface area (Å²) >= 11 is 0. The largest absolute Gasteiger partial charge is 0.480 e. The maximum absolute atomic E-state index is 10.8. The van der Waals surface area contributed by atoms with E-state index in [9.17, 15) is 4.79 Å². The lowest BCUT2D eigenvalue weighted by atomic mass is 10.2. The van der Waals surface area contributed by atoms with Gasteiger partial charge in [0.05, 0.1) is 6.10 Å². The molecular formula is C11H23NO3Si. The molecule has 0 aromatic carbocycles. The zero-order valence-corrected chi connectivity index (χ0v) is 11.8. The Hall–Kier alpha value is -0.393. The van der Waals surface area contributed by atoms with Crippen LogP contribution in [0, 0.1) is 0 Å². The number of carboxylic acids is 1. The van der Waals surface area contributed by atoms with Gasteiger partial charge in [0, 0.05) is 6.54 Å². The van der Waals surface area contributed by atoms with E-state index in [1.807, 2.05) is 0 Å². The fourth-order valence-electron chi connectivity index (χ4n) is 1.57. The third-order valence-electron chi connectivity index (χ3n) is 3.66. The molecule has 16 heavy (non-hydrogen) atoms. The summed E-state index contributed by atoms with van der Waals surface area (Å²) in [6, 6.07) is -0.435. The molecule has 0 radical (unpaired) electrons. The van der Waals surface area contributed by atoms with Gasteiger partial charge in [-0.2, -0.15) is 0 Å². The van der Waals surface area contributed by atoms with Gasteiger partial charge in [-0.15, -0.1) is 0 Å². The topological polar surface area (TPSA) is 58.6 Å². The second-order valence-corrected chi connectivity index (χ2v) is 10.8. The molecule has 1 heterocycles. The standard InChI is InChI=1S/C11H23NO3Si/c1-11(2,3)16(4,5)15-8-6-9(10(13)14)12-7-8/h8-9,12H,6-7H2,1-5H3,(H,13,14)/t8?,9-/m1/s1. The van der Waals surface area contributed by atoms with E-state index in [0.717, 1.165) is 0 Å². The van der Waals surface area contributed by atoms with Gasteiger partial charge >= 0.3 is 5.97 Å². The first-order chi connectivity index (χ1) is 7.13. The van der Waals surface area contributed by atoms with Gasteiger partial charge in [-0.05, 0) is 24.6 Å². The van der Waals surface area contributed by atoms with Crippen LogP contribution in [0.4, 0.5) is 0 Å². The molecule has 1 aliphatic heterocycles. The van der Waals surface area contributed by atoms with Gasteiger partial charge in [0.1, 0.15) is 6.04 Å². The zero-order chi connectivity index (χ0) is 12.6. The van der Waals surface area contributed by atoms with Crippen molar-refractivity contribution < 1.29 is 14.3 Å². The monoisotopic (exact) mass is 245 g/mol. The van der Waals surface area contributed by atoms with E-state index in [-0.39, 0.29) is 11.1 Å². The first-order valence-corrected chi connectivity index (χ1v) is 8.68. The normalized spacial score (nSPS) is 27.1. The van der Waals surface area contributed by atoms with E-state index in [0.29, 0.717) is 13.0 Å². The summed E-state index contributed by atoms with van der Waals surface area (Å²) in [5, 5.41) is 12.0. The van der Waals surface area contributed by atoms with Crippen LogP contribution >= 0.6 is 0 Å². The van der Waals surface area contributed by atoms with Gasteiger partial charge in [-0.1, -0.05) is 20.8 Å². The van der Waals surface area contributed by atoms with Crippen molar-refractivity contribution in [3.8, 4) is 0 Å². The molecule has 1 saturated heterocycles. The highest BCUT2D eigenvalue weighted by Gasteiger charge is 2.41. The fourth-order valence-corrected chi connectivity index (χ4v) is 2.94. The first kappa shape index (κ1) is 13.7. The van der Waals surface area contributed by atoms with Gasteiger partial charge in [0.25, 0.3) is 0 Å². The van der Waals surface area contributed by atoms with Crippen LogP contribution in [0.2, 0.25) is 18.1 Å². The van der Waals surface area contributed by atoms with Crippen molar-refractivity contribution in [1.29, 1.82) is 0 Å². The summed E-state index contributed by atoms with van der Waals surface area (Å²) in [4.78, 5) is 10.8. The van der Waals surface area contributed by atoms with Crippen LogP contribution < -0.4 is 5.32 Å². The summed E-state index contributed by atoms with van der Waals surface area (Å²) in [5.74, 6) is -0.777. The first-order valence-electron chi connectivity index (χ1n) is 5.77. The minimum absolute atomic E-state index is 0.0574. The summed E-state index contributed by atoms with van der Waals surface area (Å²) in [6.07, 6.45) is 0.643. The lowest BCUT2D eigenvalue weighted by Gasteiger charge is -2.38. The summed E-state index contributed by atoms with van der Waals surface area (Å²) in [7, 11) is -1.77. The highest BCUT2D eigenvalue weighted by Crippen LogP contribution is 2.38. The Kier molecular flexibility index (Phi) is 3.82. The van der Waals surface area contributed by atoms with E-state index in [1.54, 1.807) is 0 Å².